The number of benzene rings is 2. The van der Waals surface area contributed by atoms with E-state index in [-0.39, 0.29) is 35.0 Å². The van der Waals surface area contributed by atoms with Crippen LogP contribution >= 0.6 is 0 Å². The summed E-state index contributed by atoms with van der Waals surface area (Å²) < 4.78 is 62.5. The molecule has 0 saturated heterocycles. The van der Waals surface area contributed by atoms with Gasteiger partial charge in [0.2, 0.25) is 0 Å². The molecule has 2 aromatic carbocycles. The number of halogens is 3. The van der Waals surface area contributed by atoms with Crippen molar-refractivity contribution in [3.05, 3.63) is 59.7 Å². The molecular weight excluding hydrogens is 421 g/mol. The van der Waals surface area contributed by atoms with E-state index in [2.05, 4.69) is 5.32 Å². The third-order valence-corrected chi connectivity index (χ3v) is 6.10. The normalized spacial score (nSPS) is 11.8. The van der Waals surface area contributed by atoms with Gasteiger partial charge >= 0.3 is 12.1 Å². The van der Waals surface area contributed by atoms with Crippen LogP contribution in [0, 0.1) is 0 Å². The molecule has 0 aliphatic heterocycles. The molecule has 0 aliphatic rings. The number of alkyl halides is 3. The molecule has 162 valence electrons. The Morgan fingerprint density at radius 3 is 2.30 bits per heavy atom. The highest BCUT2D eigenvalue weighted by Crippen LogP contribution is 2.22. The van der Waals surface area contributed by atoms with Crippen molar-refractivity contribution in [1.29, 1.82) is 0 Å². The molecular formula is C20H21F3N2O4S. The summed E-state index contributed by atoms with van der Waals surface area (Å²) in [4.78, 5) is 24.7. The van der Waals surface area contributed by atoms with Gasteiger partial charge in [0.25, 0.3) is 5.91 Å². The number of anilines is 1. The maximum atomic E-state index is 12.7. The van der Waals surface area contributed by atoms with Crippen molar-refractivity contribution in [2.24, 2.45) is 0 Å². The van der Waals surface area contributed by atoms with Crippen molar-refractivity contribution >= 4 is 27.3 Å². The Balaban J connectivity index is 2.24. The van der Waals surface area contributed by atoms with E-state index in [1.807, 2.05) is 0 Å². The van der Waals surface area contributed by atoms with Gasteiger partial charge in [0.15, 0.2) is 9.84 Å². The van der Waals surface area contributed by atoms with Crippen molar-refractivity contribution < 1.29 is 31.2 Å². The zero-order valence-electron chi connectivity index (χ0n) is 16.4. The highest BCUT2D eigenvalue weighted by molar-refractivity contribution is 7.91. The van der Waals surface area contributed by atoms with Gasteiger partial charge in [-0.2, -0.15) is 13.2 Å². The van der Waals surface area contributed by atoms with Crippen molar-refractivity contribution in [1.82, 2.24) is 4.90 Å². The lowest BCUT2D eigenvalue weighted by Crippen LogP contribution is -2.40. The van der Waals surface area contributed by atoms with Crippen LogP contribution in [-0.4, -0.2) is 43.6 Å². The van der Waals surface area contributed by atoms with E-state index in [9.17, 15) is 31.2 Å². The zero-order valence-corrected chi connectivity index (χ0v) is 17.2. The number of carbonyl (C=O) groups excluding carboxylic acids is 2. The van der Waals surface area contributed by atoms with Gasteiger partial charge in [-0.25, -0.2) is 8.42 Å². The number of nitrogens with one attached hydrogen (secondary N) is 1. The number of carbonyl (C=O) groups is 2. The summed E-state index contributed by atoms with van der Waals surface area (Å²) in [6, 6.07) is 11.7. The van der Waals surface area contributed by atoms with Gasteiger partial charge < -0.3 is 10.2 Å². The molecule has 0 atom stereocenters. The number of sulfone groups is 1. The lowest BCUT2D eigenvalue weighted by molar-refractivity contribution is -0.185. The van der Waals surface area contributed by atoms with Crippen LogP contribution in [0.25, 0.3) is 0 Å². The van der Waals surface area contributed by atoms with Gasteiger partial charge in [0.1, 0.15) is 0 Å². The van der Waals surface area contributed by atoms with Gasteiger partial charge in [-0.3, -0.25) is 9.59 Å². The Morgan fingerprint density at radius 2 is 1.70 bits per heavy atom. The number of hydrogen-bond acceptors (Lipinski definition) is 4. The second kappa shape index (κ2) is 9.29. The van der Waals surface area contributed by atoms with E-state index >= 15 is 0 Å². The minimum atomic E-state index is -4.98. The second-order valence-electron chi connectivity index (χ2n) is 6.37. The monoisotopic (exact) mass is 442 g/mol. The molecule has 2 rings (SSSR count). The van der Waals surface area contributed by atoms with Crippen molar-refractivity contribution in [3.8, 4) is 0 Å². The van der Waals surface area contributed by atoms with Crippen molar-refractivity contribution in [2.45, 2.75) is 31.5 Å². The first-order valence-electron chi connectivity index (χ1n) is 9.07. The van der Waals surface area contributed by atoms with Crippen LogP contribution in [0.2, 0.25) is 0 Å². The third kappa shape index (κ3) is 5.59. The van der Waals surface area contributed by atoms with Crippen molar-refractivity contribution in [2.75, 3.05) is 17.6 Å². The van der Waals surface area contributed by atoms with Crippen molar-refractivity contribution in [3.63, 3.8) is 0 Å². The van der Waals surface area contributed by atoms with Gasteiger partial charge in [0, 0.05) is 18.8 Å². The molecule has 2 aromatic rings. The minimum Gasteiger partial charge on any atom is -0.331 e. The SMILES string of the molecule is CCN(Cc1cccc(NC(=O)c2ccccc2S(=O)(=O)CC)c1)C(=O)C(F)(F)F. The highest BCUT2D eigenvalue weighted by atomic mass is 32.2. The molecule has 0 radical (unpaired) electrons. The third-order valence-electron chi connectivity index (χ3n) is 4.32. The summed E-state index contributed by atoms with van der Waals surface area (Å²) in [7, 11) is -3.63. The van der Waals surface area contributed by atoms with E-state index in [0.29, 0.717) is 10.5 Å². The fourth-order valence-electron chi connectivity index (χ4n) is 2.75. The molecule has 6 nitrogen and oxygen atoms in total. The summed E-state index contributed by atoms with van der Waals surface area (Å²) in [5.74, 6) is -2.79. The molecule has 0 aliphatic carbocycles. The first-order chi connectivity index (χ1) is 14.0. The van der Waals surface area contributed by atoms with Gasteiger partial charge in [0.05, 0.1) is 16.2 Å². The number of rotatable bonds is 7. The zero-order chi connectivity index (χ0) is 22.5. The summed E-state index contributed by atoms with van der Waals surface area (Å²) in [6.07, 6.45) is -4.98. The van der Waals surface area contributed by atoms with Crippen LogP contribution in [0.5, 0.6) is 0 Å². The van der Waals surface area contributed by atoms with E-state index in [1.165, 1.54) is 62.4 Å². The standard InChI is InChI=1S/C20H21F3N2O4S/c1-3-25(19(27)20(21,22)23)13-14-8-7-9-15(12-14)24-18(26)16-10-5-6-11-17(16)30(28,29)4-2/h5-12H,3-4,13H2,1-2H3,(H,24,26). The Kier molecular flexibility index (Phi) is 7.25. The molecule has 0 bridgehead atoms. The Bertz CT molecular complexity index is 1040. The van der Waals surface area contributed by atoms with Crippen LogP contribution in [0.4, 0.5) is 18.9 Å². The molecule has 0 unspecified atom stereocenters. The van der Waals surface area contributed by atoms with Crippen LogP contribution in [0.1, 0.15) is 29.8 Å². The predicted molar refractivity (Wildman–Crippen MR) is 106 cm³/mol. The van der Waals surface area contributed by atoms with E-state index in [1.54, 1.807) is 0 Å². The molecule has 30 heavy (non-hydrogen) atoms. The maximum Gasteiger partial charge on any atom is 0.471 e. The fourth-order valence-corrected chi connectivity index (χ4v) is 3.85. The summed E-state index contributed by atoms with van der Waals surface area (Å²) >= 11 is 0. The van der Waals surface area contributed by atoms with Crippen LogP contribution < -0.4 is 5.32 Å². The first kappa shape index (κ1) is 23.4. The largest absolute Gasteiger partial charge is 0.471 e. The van der Waals surface area contributed by atoms with Gasteiger partial charge in [-0.1, -0.05) is 31.2 Å². The van der Waals surface area contributed by atoms with E-state index < -0.39 is 27.8 Å². The van der Waals surface area contributed by atoms with Crippen LogP contribution in [0.3, 0.4) is 0 Å². The average Bonchev–Trinajstić information content (AvgIpc) is 2.71. The molecule has 2 amide bonds. The fraction of sp³-hybridized carbons (Fsp3) is 0.300. The van der Waals surface area contributed by atoms with Gasteiger partial charge in [-0.15, -0.1) is 0 Å². The average molecular weight is 442 g/mol. The molecule has 0 heterocycles. The first-order valence-corrected chi connectivity index (χ1v) is 10.7. The smallest absolute Gasteiger partial charge is 0.331 e. The minimum absolute atomic E-state index is 0.0350. The maximum absolute atomic E-state index is 12.7. The van der Waals surface area contributed by atoms with E-state index in [0.717, 1.165) is 0 Å². The lowest BCUT2D eigenvalue weighted by atomic mass is 10.1. The predicted octanol–water partition coefficient (Wildman–Crippen LogP) is 3.64. The van der Waals surface area contributed by atoms with E-state index in [4.69, 9.17) is 0 Å². The Labute approximate surface area is 172 Å². The topological polar surface area (TPSA) is 83.6 Å². The molecule has 0 spiro atoms. The van der Waals surface area contributed by atoms with Gasteiger partial charge in [-0.05, 0) is 36.8 Å². The number of hydrogen-bond donors (Lipinski definition) is 1. The van der Waals surface area contributed by atoms with Crippen LogP contribution in [0.15, 0.2) is 53.4 Å². The number of amides is 2. The summed E-state index contributed by atoms with van der Waals surface area (Å²) in [5.41, 5.74) is 0.602. The molecule has 0 fully saturated rings. The molecule has 0 aromatic heterocycles. The second-order valence-corrected chi connectivity index (χ2v) is 8.62. The van der Waals surface area contributed by atoms with Crippen LogP contribution in [-0.2, 0) is 21.2 Å². The Morgan fingerprint density at radius 1 is 1.03 bits per heavy atom. The number of nitrogens with zero attached hydrogens (tertiary/aromatic N) is 1. The Hall–Kier alpha value is -2.88. The molecule has 0 saturated carbocycles. The summed E-state index contributed by atoms with van der Waals surface area (Å²) in [5, 5.41) is 2.56. The quantitative estimate of drug-likeness (QED) is 0.710. The lowest BCUT2D eigenvalue weighted by Gasteiger charge is -2.22. The molecule has 10 heteroatoms. The highest BCUT2D eigenvalue weighted by Gasteiger charge is 2.41. The molecule has 1 N–H and O–H groups in total. The summed E-state index contributed by atoms with van der Waals surface area (Å²) in [6.45, 7) is 2.46.